The molecule has 0 saturated carbocycles. The smallest absolute Gasteiger partial charge is 0.312 e. The van der Waals surface area contributed by atoms with Crippen molar-refractivity contribution < 1.29 is 31.9 Å². The molecule has 1 saturated heterocycles. The number of nitrogens with one attached hydrogen (secondary N) is 1. The van der Waals surface area contributed by atoms with Crippen LogP contribution in [0.2, 0.25) is 0 Å². The Morgan fingerprint density at radius 2 is 1.88 bits per heavy atom. The SMILES string of the molecule is C[C@@H](OC(=O)[C@H]1CC(=O)N(c2ccccc2F)C1)C(=O)Nc1cccc(S(=O)(=O)N(C)C)c1. The minimum Gasteiger partial charge on any atom is -0.452 e. The number of rotatable bonds is 7. The molecule has 3 rings (SSSR count). The van der Waals surface area contributed by atoms with Crippen LogP contribution in [0.3, 0.4) is 0 Å². The van der Waals surface area contributed by atoms with Gasteiger partial charge < -0.3 is 15.0 Å². The number of esters is 1. The van der Waals surface area contributed by atoms with E-state index in [0.717, 1.165) is 4.31 Å². The molecule has 176 valence electrons. The second-order valence-corrected chi connectivity index (χ2v) is 9.89. The first-order valence-corrected chi connectivity index (χ1v) is 11.5. The van der Waals surface area contributed by atoms with Crippen molar-refractivity contribution in [2.45, 2.75) is 24.3 Å². The highest BCUT2D eigenvalue weighted by molar-refractivity contribution is 7.89. The van der Waals surface area contributed by atoms with E-state index in [0.29, 0.717) is 0 Å². The molecular weight excluding hydrogens is 453 g/mol. The number of hydrogen-bond acceptors (Lipinski definition) is 6. The number of hydrogen-bond donors (Lipinski definition) is 1. The number of para-hydroxylation sites is 1. The molecule has 0 aromatic heterocycles. The molecule has 0 aliphatic carbocycles. The van der Waals surface area contributed by atoms with Gasteiger partial charge in [0.25, 0.3) is 5.91 Å². The third-order valence-corrected chi connectivity index (χ3v) is 6.96. The van der Waals surface area contributed by atoms with E-state index in [1.807, 2.05) is 0 Å². The zero-order valence-electron chi connectivity index (χ0n) is 18.3. The minimum atomic E-state index is -3.69. The van der Waals surface area contributed by atoms with Crippen molar-refractivity contribution in [2.24, 2.45) is 5.92 Å². The molecule has 1 N–H and O–H groups in total. The Morgan fingerprint density at radius 1 is 1.18 bits per heavy atom. The van der Waals surface area contributed by atoms with Crippen LogP contribution in [0.5, 0.6) is 0 Å². The largest absolute Gasteiger partial charge is 0.452 e. The van der Waals surface area contributed by atoms with E-state index < -0.39 is 45.6 Å². The second kappa shape index (κ2) is 9.67. The average molecular weight is 478 g/mol. The van der Waals surface area contributed by atoms with E-state index in [-0.39, 0.29) is 29.2 Å². The standard InChI is InChI=1S/C22H24FN3O6S/c1-14(21(28)24-16-7-6-8-17(12-16)33(30,31)25(2)3)32-22(29)15-11-20(27)26(13-15)19-10-5-4-9-18(19)23/h4-10,12,14-15H,11,13H2,1-3H3,(H,24,28)/t14-,15+/m1/s1. The summed E-state index contributed by atoms with van der Waals surface area (Å²) in [5.41, 5.74) is 0.295. The number of nitrogens with zero attached hydrogens (tertiary/aromatic N) is 2. The van der Waals surface area contributed by atoms with E-state index in [4.69, 9.17) is 4.74 Å². The third kappa shape index (κ3) is 5.37. The van der Waals surface area contributed by atoms with Crippen molar-refractivity contribution in [2.75, 3.05) is 30.9 Å². The van der Waals surface area contributed by atoms with Crippen LogP contribution in [0.4, 0.5) is 15.8 Å². The fraction of sp³-hybridized carbons (Fsp3) is 0.318. The van der Waals surface area contributed by atoms with E-state index in [1.54, 1.807) is 6.07 Å². The van der Waals surface area contributed by atoms with E-state index in [9.17, 15) is 27.2 Å². The number of halogens is 1. The van der Waals surface area contributed by atoms with Gasteiger partial charge in [0, 0.05) is 32.7 Å². The minimum absolute atomic E-state index is 0.00680. The third-order valence-electron chi connectivity index (χ3n) is 5.14. The van der Waals surface area contributed by atoms with Crippen LogP contribution in [0.25, 0.3) is 0 Å². The normalized spacial score (nSPS) is 17.2. The first-order chi connectivity index (χ1) is 15.5. The van der Waals surface area contributed by atoms with Gasteiger partial charge in [0.1, 0.15) is 5.82 Å². The van der Waals surface area contributed by atoms with Gasteiger partial charge >= 0.3 is 5.97 Å². The molecule has 1 aliphatic heterocycles. The van der Waals surface area contributed by atoms with Crippen LogP contribution in [0, 0.1) is 11.7 Å². The Balaban J connectivity index is 1.62. The van der Waals surface area contributed by atoms with E-state index in [1.165, 1.54) is 68.4 Å². The first kappa shape index (κ1) is 24.3. The summed E-state index contributed by atoms with van der Waals surface area (Å²) in [6, 6.07) is 11.4. The zero-order chi connectivity index (χ0) is 24.3. The number of ether oxygens (including phenoxy) is 1. The summed E-state index contributed by atoms with van der Waals surface area (Å²) in [5, 5.41) is 2.51. The molecule has 9 nitrogen and oxygen atoms in total. The Labute approximate surface area is 191 Å². The summed E-state index contributed by atoms with van der Waals surface area (Å²) in [6.45, 7) is 1.30. The average Bonchev–Trinajstić information content (AvgIpc) is 3.15. The number of amides is 2. The van der Waals surface area contributed by atoms with Gasteiger partial charge in [0.2, 0.25) is 15.9 Å². The van der Waals surface area contributed by atoms with Crippen molar-refractivity contribution in [1.29, 1.82) is 0 Å². The van der Waals surface area contributed by atoms with Crippen molar-refractivity contribution >= 4 is 39.2 Å². The van der Waals surface area contributed by atoms with Gasteiger partial charge in [0.15, 0.2) is 6.10 Å². The van der Waals surface area contributed by atoms with Gasteiger partial charge in [-0.15, -0.1) is 0 Å². The maximum atomic E-state index is 14.0. The Kier molecular flexibility index (Phi) is 7.13. The zero-order valence-corrected chi connectivity index (χ0v) is 19.1. The van der Waals surface area contributed by atoms with Crippen molar-refractivity contribution in [3.05, 3.63) is 54.3 Å². The lowest BCUT2D eigenvalue weighted by Gasteiger charge is -2.18. The van der Waals surface area contributed by atoms with Crippen LogP contribution in [0.15, 0.2) is 53.4 Å². The molecule has 33 heavy (non-hydrogen) atoms. The van der Waals surface area contributed by atoms with Gasteiger partial charge in [-0.2, -0.15) is 0 Å². The van der Waals surface area contributed by atoms with Crippen LogP contribution in [0.1, 0.15) is 13.3 Å². The van der Waals surface area contributed by atoms with Crippen molar-refractivity contribution in [1.82, 2.24) is 4.31 Å². The summed E-state index contributed by atoms with van der Waals surface area (Å²) in [7, 11) is -0.905. The molecule has 0 unspecified atom stereocenters. The molecule has 1 heterocycles. The molecule has 2 aromatic rings. The fourth-order valence-corrected chi connectivity index (χ4v) is 4.23. The van der Waals surface area contributed by atoms with Gasteiger partial charge in [0.05, 0.1) is 16.5 Å². The number of anilines is 2. The predicted molar refractivity (Wildman–Crippen MR) is 118 cm³/mol. The number of carbonyl (C=O) groups excluding carboxylic acids is 3. The summed E-state index contributed by atoms with van der Waals surface area (Å²) >= 11 is 0. The lowest BCUT2D eigenvalue weighted by atomic mass is 10.1. The molecule has 2 atom stereocenters. The molecule has 0 spiro atoms. The molecule has 0 bridgehead atoms. The topological polar surface area (TPSA) is 113 Å². The Bertz CT molecular complexity index is 1180. The second-order valence-electron chi connectivity index (χ2n) is 7.74. The van der Waals surface area contributed by atoms with E-state index in [2.05, 4.69) is 5.32 Å². The predicted octanol–water partition coefficient (Wildman–Crippen LogP) is 2.00. The molecule has 1 fully saturated rings. The maximum Gasteiger partial charge on any atom is 0.312 e. The lowest BCUT2D eigenvalue weighted by Crippen LogP contribution is -2.33. The van der Waals surface area contributed by atoms with Gasteiger partial charge in [-0.1, -0.05) is 18.2 Å². The Hall–Kier alpha value is -3.31. The van der Waals surface area contributed by atoms with Crippen LogP contribution in [-0.2, 0) is 29.1 Å². The van der Waals surface area contributed by atoms with Crippen molar-refractivity contribution in [3.63, 3.8) is 0 Å². The highest BCUT2D eigenvalue weighted by Crippen LogP contribution is 2.28. The quantitative estimate of drug-likeness (QED) is 0.611. The summed E-state index contributed by atoms with van der Waals surface area (Å²) in [4.78, 5) is 38.5. The number of benzene rings is 2. The van der Waals surface area contributed by atoms with E-state index >= 15 is 0 Å². The van der Waals surface area contributed by atoms with Gasteiger partial charge in [-0.25, -0.2) is 17.1 Å². The molecular formula is C22H24FN3O6S. The van der Waals surface area contributed by atoms with Gasteiger partial charge in [-0.3, -0.25) is 14.4 Å². The number of sulfonamides is 1. The maximum absolute atomic E-state index is 14.0. The number of carbonyl (C=O) groups is 3. The van der Waals surface area contributed by atoms with Gasteiger partial charge in [-0.05, 0) is 37.3 Å². The molecule has 1 aliphatic rings. The monoisotopic (exact) mass is 477 g/mol. The molecule has 2 amide bonds. The first-order valence-electron chi connectivity index (χ1n) is 10.1. The van der Waals surface area contributed by atoms with Crippen LogP contribution >= 0.6 is 0 Å². The summed E-state index contributed by atoms with van der Waals surface area (Å²) < 4.78 is 44.8. The van der Waals surface area contributed by atoms with Crippen molar-refractivity contribution in [3.8, 4) is 0 Å². The fourth-order valence-electron chi connectivity index (χ4n) is 3.28. The van der Waals surface area contributed by atoms with Crippen LogP contribution < -0.4 is 10.2 Å². The lowest BCUT2D eigenvalue weighted by molar-refractivity contribution is -0.157. The molecule has 0 radical (unpaired) electrons. The highest BCUT2D eigenvalue weighted by Gasteiger charge is 2.38. The van der Waals surface area contributed by atoms with Crippen LogP contribution in [-0.4, -0.2) is 57.3 Å². The Morgan fingerprint density at radius 3 is 2.55 bits per heavy atom. The summed E-state index contributed by atoms with van der Waals surface area (Å²) in [6.07, 6.45) is -1.37. The molecule has 2 aromatic carbocycles. The highest BCUT2D eigenvalue weighted by atomic mass is 32.2. The molecule has 11 heteroatoms. The summed E-state index contributed by atoms with van der Waals surface area (Å²) in [5.74, 6) is -3.27.